The Balaban J connectivity index is 1.54. The second-order valence-corrected chi connectivity index (χ2v) is 8.45. The summed E-state index contributed by atoms with van der Waals surface area (Å²) in [7, 11) is 0. The molecule has 0 atom stereocenters. The molecule has 0 unspecified atom stereocenters. The van der Waals surface area contributed by atoms with Crippen LogP contribution in [0.3, 0.4) is 0 Å². The minimum atomic E-state index is -1.31. The molecular formula is C26H21FN4O4S. The van der Waals surface area contributed by atoms with Crippen LogP contribution in [0.2, 0.25) is 0 Å². The number of ketones is 1. The largest absolute Gasteiger partial charge is 0.465 e. The molecule has 4 aromatic rings. The fourth-order valence-electron chi connectivity index (χ4n) is 3.60. The van der Waals surface area contributed by atoms with Gasteiger partial charge in [-0.15, -0.1) is 0 Å². The molecule has 10 heteroatoms. The number of Topliss-reactive ketones (excluding diaryl/α,β-unsaturated/α-hetero) is 1. The number of nitrogens with zero attached hydrogens (tertiary/aromatic N) is 2. The van der Waals surface area contributed by atoms with Gasteiger partial charge in [0.25, 0.3) is 0 Å². The van der Waals surface area contributed by atoms with E-state index in [2.05, 4.69) is 15.6 Å². The fraction of sp³-hybridized carbons (Fsp3) is 0.0769. The van der Waals surface area contributed by atoms with Crippen LogP contribution in [0.5, 0.6) is 0 Å². The van der Waals surface area contributed by atoms with Crippen molar-refractivity contribution >= 4 is 40.9 Å². The molecule has 36 heavy (non-hydrogen) atoms. The number of carbonyl (C=O) groups excluding carboxylic acids is 2. The van der Waals surface area contributed by atoms with E-state index in [9.17, 15) is 18.8 Å². The molecule has 3 aromatic carbocycles. The molecule has 3 N–H and O–H groups in total. The van der Waals surface area contributed by atoms with Crippen molar-refractivity contribution in [3.05, 3.63) is 90.5 Å². The molecule has 0 radical (unpaired) electrons. The van der Waals surface area contributed by atoms with Gasteiger partial charge in [0.05, 0.1) is 17.8 Å². The van der Waals surface area contributed by atoms with Crippen LogP contribution >= 0.6 is 11.8 Å². The molecule has 8 nitrogen and oxygen atoms in total. The van der Waals surface area contributed by atoms with Crippen molar-refractivity contribution in [1.29, 1.82) is 0 Å². The van der Waals surface area contributed by atoms with E-state index in [4.69, 9.17) is 5.11 Å². The summed E-state index contributed by atoms with van der Waals surface area (Å²) in [6, 6.07) is 17.3. The molecule has 1 heterocycles. The predicted molar refractivity (Wildman–Crippen MR) is 136 cm³/mol. The van der Waals surface area contributed by atoms with Crippen molar-refractivity contribution in [1.82, 2.24) is 9.55 Å². The highest BCUT2D eigenvalue weighted by atomic mass is 32.2. The summed E-state index contributed by atoms with van der Waals surface area (Å²) in [5.41, 5.74) is 2.71. The van der Waals surface area contributed by atoms with E-state index in [0.29, 0.717) is 16.7 Å². The standard InChI is InChI=1S/C26H21FN4O4S/c1-36-25-28-11-12-31(25)20-4-2-3-18(13-20)23(32)15-24(33)29-22-14-17(7-10-21(22)30-26(34)35)16-5-8-19(27)9-6-16/h2-14,30H,15H2,1H3,(H,29,33)(H,34,35). The maximum Gasteiger partial charge on any atom is 0.409 e. The first kappa shape index (κ1) is 24.7. The maximum absolute atomic E-state index is 13.3. The molecule has 1 aromatic heterocycles. The lowest BCUT2D eigenvalue weighted by atomic mass is 10.0. The topological polar surface area (TPSA) is 113 Å². The van der Waals surface area contributed by atoms with Gasteiger partial charge in [-0.2, -0.15) is 0 Å². The smallest absolute Gasteiger partial charge is 0.409 e. The van der Waals surface area contributed by atoms with Gasteiger partial charge in [-0.05, 0) is 53.8 Å². The van der Waals surface area contributed by atoms with E-state index in [-0.39, 0.29) is 11.4 Å². The second-order valence-electron chi connectivity index (χ2n) is 7.68. The highest BCUT2D eigenvalue weighted by Crippen LogP contribution is 2.30. The lowest BCUT2D eigenvalue weighted by Crippen LogP contribution is -2.18. The summed E-state index contributed by atoms with van der Waals surface area (Å²) in [5.74, 6) is -1.40. The lowest BCUT2D eigenvalue weighted by molar-refractivity contribution is -0.115. The molecule has 0 aliphatic rings. The number of halogens is 1. The van der Waals surface area contributed by atoms with E-state index >= 15 is 0 Å². The second kappa shape index (κ2) is 10.9. The average molecular weight is 505 g/mol. The van der Waals surface area contributed by atoms with E-state index < -0.39 is 30.0 Å². The Kier molecular flexibility index (Phi) is 7.45. The number of hydrogen-bond donors (Lipinski definition) is 3. The molecule has 4 rings (SSSR count). The molecule has 0 saturated heterocycles. The Labute approximate surface area is 210 Å². The van der Waals surface area contributed by atoms with Crippen LogP contribution in [0.25, 0.3) is 16.8 Å². The summed E-state index contributed by atoms with van der Waals surface area (Å²) in [6.07, 6.45) is 3.59. The quantitative estimate of drug-likeness (QED) is 0.161. The summed E-state index contributed by atoms with van der Waals surface area (Å²) in [4.78, 5) is 41.1. The van der Waals surface area contributed by atoms with Crippen molar-refractivity contribution in [2.45, 2.75) is 11.6 Å². The van der Waals surface area contributed by atoms with E-state index in [1.165, 1.54) is 30.0 Å². The van der Waals surface area contributed by atoms with Gasteiger partial charge in [0, 0.05) is 23.6 Å². The molecule has 0 saturated carbocycles. The van der Waals surface area contributed by atoms with E-state index in [1.54, 1.807) is 54.9 Å². The van der Waals surface area contributed by atoms with Crippen LogP contribution in [-0.4, -0.2) is 38.7 Å². The number of nitrogens with one attached hydrogen (secondary N) is 2. The summed E-state index contributed by atoms with van der Waals surface area (Å²) in [5, 5.41) is 14.8. The Morgan fingerprint density at radius 1 is 0.972 bits per heavy atom. The van der Waals surface area contributed by atoms with Crippen LogP contribution in [0, 0.1) is 5.82 Å². The summed E-state index contributed by atoms with van der Waals surface area (Å²) < 4.78 is 15.1. The Morgan fingerprint density at radius 2 is 1.72 bits per heavy atom. The van der Waals surface area contributed by atoms with E-state index in [0.717, 1.165) is 10.8 Å². The Bertz CT molecular complexity index is 1440. The van der Waals surface area contributed by atoms with Crippen molar-refractivity contribution in [3.8, 4) is 16.8 Å². The monoisotopic (exact) mass is 504 g/mol. The Morgan fingerprint density at radius 3 is 2.44 bits per heavy atom. The number of carbonyl (C=O) groups is 3. The normalized spacial score (nSPS) is 10.6. The van der Waals surface area contributed by atoms with Crippen LogP contribution in [0.4, 0.5) is 20.6 Å². The number of thioether (sulfide) groups is 1. The number of aromatic nitrogens is 2. The number of carboxylic acid groups (broad SMARTS) is 1. The third-order valence-electron chi connectivity index (χ3n) is 5.27. The molecule has 0 aliphatic heterocycles. The van der Waals surface area contributed by atoms with E-state index in [1.807, 2.05) is 16.9 Å². The van der Waals surface area contributed by atoms with Gasteiger partial charge in [-0.1, -0.05) is 42.1 Å². The summed E-state index contributed by atoms with van der Waals surface area (Å²) >= 11 is 1.47. The number of imidazole rings is 1. The molecule has 0 bridgehead atoms. The van der Waals surface area contributed by atoms with Gasteiger partial charge < -0.3 is 10.4 Å². The molecule has 0 spiro atoms. The minimum absolute atomic E-state index is 0.140. The number of anilines is 2. The fourth-order valence-corrected chi connectivity index (χ4v) is 4.13. The number of rotatable bonds is 8. The van der Waals surface area contributed by atoms with Gasteiger partial charge in [0.2, 0.25) is 5.91 Å². The average Bonchev–Trinajstić information content (AvgIpc) is 3.34. The number of amides is 2. The van der Waals surface area contributed by atoms with Gasteiger partial charge in [-0.25, -0.2) is 14.2 Å². The highest BCUT2D eigenvalue weighted by Gasteiger charge is 2.16. The lowest BCUT2D eigenvalue weighted by Gasteiger charge is -2.13. The Hall–Kier alpha value is -4.44. The SMILES string of the molecule is CSc1nccn1-c1cccc(C(=O)CC(=O)Nc2cc(-c3ccc(F)cc3)ccc2NC(=O)O)c1. The van der Waals surface area contributed by atoms with Crippen molar-refractivity contribution in [2.24, 2.45) is 0 Å². The van der Waals surface area contributed by atoms with Gasteiger partial charge in [0.15, 0.2) is 10.9 Å². The zero-order valence-corrected chi connectivity index (χ0v) is 19.9. The molecule has 2 amide bonds. The van der Waals surface area contributed by atoms with Crippen molar-refractivity contribution in [2.75, 3.05) is 16.9 Å². The minimum Gasteiger partial charge on any atom is -0.465 e. The third kappa shape index (κ3) is 5.78. The molecule has 0 aliphatic carbocycles. The van der Waals surface area contributed by atoms with Crippen LogP contribution in [0.1, 0.15) is 16.8 Å². The maximum atomic E-state index is 13.3. The van der Waals surface area contributed by atoms with Crippen molar-refractivity contribution in [3.63, 3.8) is 0 Å². The highest BCUT2D eigenvalue weighted by molar-refractivity contribution is 7.98. The molecular weight excluding hydrogens is 483 g/mol. The zero-order valence-electron chi connectivity index (χ0n) is 19.1. The first-order chi connectivity index (χ1) is 17.3. The zero-order chi connectivity index (χ0) is 25.7. The first-order valence-electron chi connectivity index (χ1n) is 10.7. The molecule has 0 fully saturated rings. The van der Waals surface area contributed by atoms with Gasteiger partial charge in [-0.3, -0.25) is 19.5 Å². The van der Waals surface area contributed by atoms with Crippen LogP contribution < -0.4 is 10.6 Å². The van der Waals surface area contributed by atoms with Crippen molar-refractivity contribution < 1.29 is 23.9 Å². The first-order valence-corrected chi connectivity index (χ1v) is 12.0. The summed E-state index contributed by atoms with van der Waals surface area (Å²) in [6.45, 7) is 0. The third-order valence-corrected chi connectivity index (χ3v) is 5.94. The number of hydrogen-bond acceptors (Lipinski definition) is 5. The predicted octanol–water partition coefficient (Wildman–Crippen LogP) is 5.70. The van der Waals surface area contributed by atoms with Crippen LogP contribution in [-0.2, 0) is 4.79 Å². The number of benzene rings is 3. The van der Waals surface area contributed by atoms with Gasteiger partial charge in [0.1, 0.15) is 5.82 Å². The van der Waals surface area contributed by atoms with Crippen LogP contribution in [0.15, 0.2) is 84.3 Å². The molecule has 182 valence electrons. The van der Waals surface area contributed by atoms with Gasteiger partial charge >= 0.3 is 6.09 Å².